The Morgan fingerprint density at radius 2 is 2.10 bits per heavy atom. The van der Waals surface area contributed by atoms with Crippen molar-refractivity contribution >= 4 is 21.4 Å². The molecule has 2 aromatic rings. The van der Waals surface area contributed by atoms with Gasteiger partial charge in [0.1, 0.15) is 21.4 Å². The molecule has 0 aliphatic rings. The van der Waals surface area contributed by atoms with Gasteiger partial charge in [-0.15, -0.1) is 11.3 Å². The highest BCUT2D eigenvalue weighted by atomic mass is 32.2. The monoisotopic (exact) mass is 329 g/mol. The highest BCUT2D eigenvalue weighted by Crippen LogP contribution is 2.28. The summed E-state index contributed by atoms with van der Waals surface area (Å²) in [6, 6.07) is -0.382. The van der Waals surface area contributed by atoms with Crippen LogP contribution in [0.1, 0.15) is 35.1 Å². The fraction of sp³-hybridized carbons (Fsp3) is 0.462. The minimum atomic E-state index is -3.67. The third-order valence-corrected chi connectivity index (χ3v) is 5.79. The molecule has 1 unspecified atom stereocenters. The molecule has 0 amide bonds. The van der Waals surface area contributed by atoms with Crippen LogP contribution in [0.2, 0.25) is 0 Å². The first-order chi connectivity index (χ1) is 9.86. The van der Waals surface area contributed by atoms with E-state index in [-0.39, 0.29) is 10.9 Å². The number of aromatic nitrogens is 1. The standard InChI is InChI=1S/C13H19N3O3S2/c1-8(13-15-5-6-20-13)16-21(17,18)12-10(3)19-9(2)11(12)7-14-4/h5-6,8,14,16H,7H2,1-4H3. The molecule has 0 saturated carbocycles. The van der Waals surface area contributed by atoms with E-state index in [1.165, 1.54) is 11.3 Å². The first-order valence-electron chi connectivity index (χ1n) is 6.52. The number of furan rings is 1. The van der Waals surface area contributed by atoms with Crippen LogP contribution >= 0.6 is 11.3 Å². The predicted molar refractivity (Wildman–Crippen MR) is 81.8 cm³/mol. The van der Waals surface area contributed by atoms with Gasteiger partial charge in [-0.05, 0) is 27.8 Å². The van der Waals surface area contributed by atoms with Gasteiger partial charge in [0.05, 0.1) is 6.04 Å². The predicted octanol–water partition coefficient (Wildman–Crippen LogP) is 2.11. The molecule has 2 heterocycles. The highest BCUT2D eigenvalue weighted by Gasteiger charge is 2.28. The average molecular weight is 329 g/mol. The molecule has 2 rings (SSSR count). The van der Waals surface area contributed by atoms with E-state index >= 15 is 0 Å². The number of hydrogen-bond acceptors (Lipinski definition) is 6. The Kier molecular flexibility index (Phi) is 4.82. The van der Waals surface area contributed by atoms with Gasteiger partial charge in [0.2, 0.25) is 10.0 Å². The van der Waals surface area contributed by atoms with Gasteiger partial charge in [-0.1, -0.05) is 0 Å². The third kappa shape index (κ3) is 3.34. The number of nitrogens with zero attached hydrogens (tertiary/aromatic N) is 1. The van der Waals surface area contributed by atoms with Gasteiger partial charge in [-0.2, -0.15) is 0 Å². The lowest BCUT2D eigenvalue weighted by Gasteiger charge is -2.13. The van der Waals surface area contributed by atoms with Gasteiger partial charge in [-0.25, -0.2) is 18.1 Å². The van der Waals surface area contributed by atoms with Crippen LogP contribution in [0.5, 0.6) is 0 Å². The van der Waals surface area contributed by atoms with Crippen LogP contribution in [0, 0.1) is 13.8 Å². The summed E-state index contributed by atoms with van der Waals surface area (Å²) in [5.74, 6) is 1.01. The van der Waals surface area contributed by atoms with E-state index in [9.17, 15) is 8.42 Å². The van der Waals surface area contributed by atoms with Crippen molar-refractivity contribution in [2.75, 3.05) is 7.05 Å². The molecule has 1 atom stereocenters. The normalized spacial score (nSPS) is 13.5. The van der Waals surface area contributed by atoms with Gasteiger partial charge < -0.3 is 9.73 Å². The molecule has 2 N–H and O–H groups in total. The molecule has 8 heteroatoms. The van der Waals surface area contributed by atoms with Crippen LogP contribution in [0.25, 0.3) is 0 Å². The summed E-state index contributed by atoms with van der Waals surface area (Å²) in [6.07, 6.45) is 1.66. The zero-order chi connectivity index (χ0) is 15.6. The summed E-state index contributed by atoms with van der Waals surface area (Å²) in [7, 11) is -1.90. The molecule has 0 fully saturated rings. The van der Waals surface area contributed by atoms with Crippen LogP contribution in [-0.4, -0.2) is 20.4 Å². The summed E-state index contributed by atoms with van der Waals surface area (Å²) in [4.78, 5) is 4.36. The van der Waals surface area contributed by atoms with Crippen LogP contribution in [0.3, 0.4) is 0 Å². The first kappa shape index (κ1) is 16.2. The fourth-order valence-electron chi connectivity index (χ4n) is 2.23. The molecule has 0 aliphatic heterocycles. The Bertz CT molecular complexity index is 705. The van der Waals surface area contributed by atoms with Crippen LogP contribution in [0.4, 0.5) is 0 Å². The number of nitrogens with one attached hydrogen (secondary N) is 2. The minimum Gasteiger partial charge on any atom is -0.465 e. The summed E-state index contributed by atoms with van der Waals surface area (Å²) in [5.41, 5.74) is 0.661. The molecule has 0 saturated heterocycles. The van der Waals surface area contributed by atoms with Gasteiger partial charge in [0.25, 0.3) is 0 Å². The first-order valence-corrected chi connectivity index (χ1v) is 8.88. The molecule has 2 aromatic heterocycles. The Hall–Kier alpha value is -1.22. The molecule has 0 spiro atoms. The van der Waals surface area contributed by atoms with Crippen LogP contribution < -0.4 is 10.0 Å². The summed E-state index contributed by atoms with van der Waals surface area (Å²) >= 11 is 1.42. The second-order valence-corrected chi connectivity index (χ2v) is 7.34. The van der Waals surface area contributed by atoms with E-state index in [0.717, 1.165) is 5.01 Å². The second-order valence-electron chi connectivity index (χ2n) is 4.77. The molecule has 0 aromatic carbocycles. The van der Waals surface area contributed by atoms with Crippen molar-refractivity contribution in [3.8, 4) is 0 Å². The molecule has 0 radical (unpaired) electrons. The zero-order valence-corrected chi connectivity index (χ0v) is 14.1. The van der Waals surface area contributed by atoms with Gasteiger partial charge in [-0.3, -0.25) is 0 Å². The van der Waals surface area contributed by atoms with E-state index in [2.05, 4.69) is 15.0 Å². The maximum Gasteiger partial charge on any atom is 0.245 e. The van der Waals surface area contributed by atoms with Crippen molar-refractivity contribution in [3.63, 3.8) is 0 Å². The highest BCUT2D eigenvalue weighted by molar-refractivity contribution is 7.89. The maximum absolute atomic E-state index is 12.6. The summed E-state index contributed by atoms with van der Waals surface area (Å²) in [5, 5.41) is 5.52. The number of hydrogen-bond donors (Lipinski definition) is 2. The lowest BCUT2D eigenvalue weighted by Crippen LogP contribution is -2.28. The number of thiazole rings is 1. The van der Waals surface area contributed by atoms with Crippen molar-refractivity contribution in [3.05, 3.63) is 33.7 Å². The summed E-state index contributed by atoms with van der Waals surface area (Å²) in [6.45, 7) is 5.64. The lowest BCUT2D eigenvalue weighted by molar-refractivity contribution is 0.492. The van der Waals surface area contributed by atoms with Crippen molar-refractivity contribution in [1.29, 1.82) is 0 Å². The quantitative estimate of drug-likeness (QED) is 0.848. The number of rotatable bonds is 6. The number of sulfonamides is 1. The zero-order valence-electron chi connectivity index (χ0n) is 12.4. The topological polar surface area (TPSA) is 84.2 Å². The van der Waals surface area contributed by atoms with Crippen LogP contribution in [0.15, 0.2) is 20.9 Å². The number of aryl methyl sites for hydroxylation is 2. The minimum absolute atomic E-state index is 0.220. The SMILES string of the molecule is CNCc1c(C)oc(C)c1S(=O)(=O)NC(C)c1nccs1. The van der Waals surface area contributed by atoms with Crippen molar-refractivity contribution in [2.45, 2.75) is 38.3 Å². The lowest BCUT2D eigenvalue weighted by atomic mass is 10.2. The smallest absolute Gasteiger partial charge is 0.245 e. The second kappa shape index (κ2) is 6.27. The third-order valence-electron chi connectivity index (χ3n) is 3.10. The molecule has 21 heavy (non-hydrogen) atoms. The Morgan fingerprint density at radius 3 is 2.67 bits per heavy atom. The van der Waals surface area contributed by atoms with E-state index in [1.54, 1.807) is 34.0 Å². The summed E-state index contributed by atoms with van der Waals surface area (Å²) < 4.78 is 33.4. The molecular weight excluding hydrogens is 310 g/mol. The molecular formula is C13H19N3O3S2. The molecule has 6 nitrogen and oxygen atoms in total. The Labute approximate surface area is 128 Å². The van der Waals surface area contributed by atoms with Crippen molar-refractivity contribution in [2.24, 2.45) is 0 Å². The van der Waals surface area contributed by atoms with E-state index in [0.29, 0.717) is 23.6 Å². The van der Waals surface area contributed by atoms with Gasteiger partial charge in [0, 0.05) is 23.7 Å². The average Bonchev–Trinajstić information content (AvgIpc) is 2.98. The molecule has 0 bridgehead atoms. The van der Waals surface area contributed by atoms with Gasteiger partial charge in [0.15, 0.2) is 0 Å². The van der Waals surface area contributed by atoms with Crippen LogP contribution in [-0.2, 0) is 16.6 Å². The Balaban J connectivity index is 2.36. The van der Waals surface area contributed by atoms with E-state index in [4.69, 9.17) is 4.42 Å². The van der Waals surface area contributed by atoms with Gasteiger partial charge >= 0.3 is 0 Å². The van der Waals surface area contributed by atoms with E-state index in [1.807, 2.05) is 5.38 Å². The fourth-order valence-corrected chi connectivity index (χ4v) is 4.61. The molecule has 0 aliphatic carbocycles. The Morgan fingerprint density at radius 1 is 1.38 bits per heavy atom. The maximum atomic E-state index is 12.6. The molecule has 116 valence electrons. The van der Waals surface area contributed by atoms with Crippen molar-refractivity contribution in [1.82, 2.24) is 15.0 Å². The van der Waals surface area contributed by atoms with Crippen molar-refractivity contribution < 1.29 is 12.8 Å². The largest absolute Gasteiger partial charge is 0.465 e. The van der Waals surface area contributed by atoms with E-state index < -0.39 is 10.0 Å².